The van der Waals surface area contributed by atoms with Crippen LogP contribution in [0.4, 0.5) is 4.79 Å². The predicted octanol–water partition coefficient (Wildman–Crippen LogP) is 2.50. The Labute approximate surface area is 114 Å². The number of carbonyl (C=O) groups is 2. The van der Waals surface area contributed by atoms with E-state index in [0.717, 1.165) is 0 Å². The Balaban J connectivity index is 2.90. The smallest absolute Gasteiger partial charge is 0.413 e. The number of hydrogen-bond acceptors (Lipinski definition) is 4. The lowest BCUT2D eigenvalue weighted by molar-refractivity contribution is -0.112. The maximum atomic E-state index is 12.2. The van der Waals surface area contributed by atoms with Crippen LogP contribution in [0.15, 0.2) is 12.2 Å². The van der Waals surface area contributed by atoms with E-state index < -0.39 is 17.4 Å². The normalized spacial score (nSPS) is 22.8. The summed E-state index contributed by atoms with van der Waals surface area (Å²) in [5.74, 6) is -0.0613. The monoisotopic (exact) mass is 269 g/mol. The summed E-state index contributed by atoms with van der Waals surface area (Å²) in [6, 6.07) is -0.284. The zero-order chi connectivity index (χ0) is 14.8. The van der Waals surface area contributed by atoms with Crippen LogP contribution in [0.25, 0.3) is 0 Å². The molecular formula is C14H23NO4. The van der Waals surface area contributed by atoms with Crippen molar-refractivity contribution in [1.82, 2.24) is 4.90 Å². The molecule has 0 unspecified atom stereocenters. The number of amides is 1. The van der Waals surface area contributed by atoms with Crippen LogP contribution in [-0.2, 0) is 14.3 Å². The number of carbonyl (C=O) groups excluding carboxylic acids is 2. The Bertz CT molecular complexity index is 393. The van der Waals surface area contributed by atoms with Gasteiger partial charge in [0.25, 0.3) is 0 Å². The SMILES string of the molecule is CC(=O)/C=C/[C@H]1COC(C)(C)N1C(=O)OC(C)(C)C. The third-order valence-corrected chi connectivity index (χ3v) is 2.66. The molecule has 108 valence electrons. The number of hydrogen-bond donors (Lipinski definition) is 0. The Kier molecular flexibility index (Phi) is 4.40. The minimum Gasteiger partial charge on any atom is -0.444 e. The number of ketones is 1. The molecule has 5 heteroatoms. The lowest BCUT2D eigenvalue weighted by Crippen LogP contribution is -2.49. The molecule has 1 saturated heterocycles. The van der Waals surface area contributed by atoms with E-state index in [-0.39, 0.29) is 11.8 Å². The van der Waals surface area contributed by atoms with Crippen molar-refractivity contribution in [3.05, 3.63) is 12.2 Å². The lowest BCUT2D eigenvalue weighted by atomic mass is 10.2. The molecule has 0 radical (unpaired) electrons. The third kappa shape index (κ3) is 4.35. The van der Waals surface area contributed by atoms with E-state index in [9.17, 15) is 9.59 Å². The van der Waals surface area contributed by atoms with Crippen LogP contribution in [0.2, 0.25) is 0 Å². The summed E-state index contributed by atoms with van der Waals surface area (Å²) in [5.41, 5.74) is -1.31. The largest absolute Gasteiger partial charge is 0.444 e. The van der Waals surface area contributed by atoms with Gasteiger partial charge in [-0.25, -0.2) is 4.79 Å². The first-order valence-electron chi connectivity index (χ1n) is 6.38. The van der Waals surface area contributed by atoms with Crippen molar-refractivity contribution >= 4 is 11.9 Å². The zero-order valence-electron chi connectivity index (χ0n) is 12.5. The molecule has 1 amide bonds. The topological polar surface area (TPSA) is 55.8 Å². The van der Waals surface area contributed by atoms with Gasteiger partial charge in [-0.05, 0) is 47.6 Å². The van der Waals surface area contributed by atoms with Crippen molar-refractivity contribution in [1.29, 1.82) is 0 Å². The Morgan fingerprint density at radius 3 is 2.42 bits per heavy atom. The zero-order valence-corrected chi connectivity index (χ0v) is 12.5. The van der Waals surface area contributed by atoms with Crippen LogP contribution >= 0.6 is 0 Å². The predicted molar refractivity (Wildman–Crippen MR) is 71.7 cm³/mol. The molecule has 1 atom stereocenters. The van der Waals surface area contributed by atoms with Gasteiger partial charge >= 0.3 is 6.09 Å². The molecule has 0 aromatic carbocycles. The van der Waals surface area contributed by atoms with Gasteiger partial charge in [0.15, 0.2) is 5.78 Å². The molecule has 1 fully saturated rings. The van der Waals surface area contributed by atoms with Crippen LogP contribution in [0.1, 0.15) is 41.5 Å². The van der Waals surface area contributed by atoms with E-state index in [4.69, 9.17) is 9.47 Å². The molecule has 0 aromatic rings. The van der Waals surface area contributed by atoms with Gasteiger partial charge in [-0.15, -0.1) is 0 Å². The molecular weight excluding hydrogens is 246 g/mol. The summed E-state index contributed by atoms with van der Waals surface area (Å²) in [4.78, 5) is 24.8. The third-order valence-electron chi connectivity index (χ3n) is 2.66. The van der Waals surface area contributed by atoms with E-state index in [2.05, 4.69) is 0 Å². The summed E-state index contributed by atoms with van der Waals surface area (Å²) in [5, 5.41) is 0. The molecule has 19 heavy (non-hydrogen) atoms. The van der Waals surface area contributed by atoms with Crippen molar-refractivity contribution in [2.45, 2.75) is 58.9 Å². The van der Waals surface area contributed by atoms with Crippen molar-refractivity contribution < 1.29 is 19.1 Å². The molecule has 1 rings (SSSR count). The molecule has 1 aliphatic rings. The number of allylic oxidation sites excluding steroid dienone is 1. The van der Waals surface area contributed by atoms with Gasteiger partial charge in [-0.3, -0.25) is 9.69 Å². The fourth-order valence-electron chi connectivity index (χ4n) is 1.89. The van der Waals surface area contributed by atoms with E-state index in [1.165, 1.54) is 17.9 Å². The average Bonchev–Trinajstić information content (AvgIpc) is 2.47. The summed E-state index contributed by atoms with van der Waals surface area (Å²) < 4.78 is 11.0. The second kappa shape index (κ2) is 5.33. The van der Waals surface area contributed by atoms with E-state index in [1.807, 2.05) is 20.8 Å². The van der Waals surface area contributed by atoms with Crippen molar-refractivity contribution in [3.63, 3.8) is 0 Å². The van der Waals surface area contributed by atoms with Crippen LogP contribution in [0.5, 0.6) is 0 Å². The molecule has 0 bridgehead atoms. The summed E-state index contributed by atoms with van der Waals surface area (Å²) in [7, 11) is 0. The van der Waals surface area contributed by atoms with Gasteiger partial charge in [0, 0.05) is 0 Å². The number of nitrogens with zero attached hydrogens (tertiary/aromatic N) is 1. The maximum Gasteiger partial charge on any atom is 0.413 e. The first kappa shape index (κ1) is 15.7. The van der Waals surface area contributed by atoms with Gasteiger partial charge < -0.3 is 9.47 Å². The van der Waals surface area contributed by atoms with Gasteiger partial charge in [-0.2, -0.15) is 0 Å². The van der Waals surface area contributed by atoms with E-state index in [1.54, 1.807) is 19.9 Å². The Morgan fingerprint density at radius 2 is 1.95 bits per heavy atom. The highest BCUT2D eigenvalue weighted by Gasteiger charge is 2.44. The van der Waals surface area contributed by atoms with Gasteiger partial charge in [0.05, 0.1) is 12.6 Å². The van der Waals surface area contributed by atoms with Crippen LogP contribution < -0.4 is 0 Å². The minimum absolute atomic E-state index is 0.0613. The van der Waals surface area contributed by atoms with Gasteiger partial charge in [0.1, 0.15) is 11.3 Å². The first-order valence-corrected chi connectivity index (χ1v) is 6.38. The first-order chi connectivity index (χ1) is 8.53. The summed E-state index contributed by atoms with van der Waals surface area (Å²) in [6.07, 6.45) is 2.70. The number of rotatable bonds is 2. The molecule has 1 heterocycles. The average molecular weight is 269 g/mol. The number of ether oxygens (including phenoxy) is 2. The molecule has 0 saturated carbocycles. The lowest BCUT2D eigenvalue weighted by Gasteiger charge is -2.34. The molecule has 0 aromatic heterocycles. The van der Waals surface area contributed by atoms with Crippen LogP contribution in [-0.4, -0.2) is 40.8 Å². The maximum absolute atomic E-state index is 12.2. The Morgan fingerprint density at radius 1 is 1.37 bits per heavy atom. The van der Waals surface area contributed by atoms with Crippen LogP contribution in [0, 0.1) is 0 Å². The molecule has 0 spiro atoms. The second-order valence-electron chi connectivity index (χ2n) is 6.15. The van der Waals surface area contributed by atoms with Crippen LogP contribution in [0.3, 0.4) is 0 Å². The van der Waals surface area contributed by atoms with Gasteiger partial charge in [-0.1, -0.05) is 6.08 Å². The highest BCUT2D eigenvalue weighted by molar-refractivity contribution is 5.87. The summed E-state index contributed by atoms with van der Waals surface area (Å²) >= 11 is 0. The highest BCUT2D eigenvalue weighted by atomic mass is 16.6. The summed E-state index contributed by atoms with van der Waals surface area (Å²) in [6.45, 7) is 10.9. The van der Waals surface area contributed by atoms with Crippen molar-refractivity contribution in [2.75, 3.05) is 6.61 Å². The highest BCUT2D eigenvalue weighted by Crippen LogP contribution is 2.29. The standard InChI is InChI=1S/C14H23NO4/c1-10(16)7-8-11-9-18-14(5,6)15(11)12(17)19-13(2,3)4/h7-8,11H,9H2,1-6H3/b8-7+/t11-/m0/s1. The fourth-order valence-corrected chi connectivity index (χ4v) is 1.89. The molecule has 5 nitrogen and oxygen atoms in total. The van der Waals surface area contributed by atoms with Gasteiger partial charge in [0.2, 0.25) is 0 Å². The molecule has 1 aliphatic heterocycles. The molecule has 0 aliphatic carbocycles. The second-order valence-corrected chi connectivity index (χ2v) is 6.15. The van der Waals surface area contributed by atoms with Crippen molar-refractivity contribution in [3.8, 4) is 0 Å². The Hall–Kier alpha value is -1.36. The fraction of sp³-hybridized carbons (Fsp3) is 0.714. The van der Waals surface area contributed by atoms with E-state index in [0.29, 0.717) is 6.61 Å². The quantitative estimate of drug-likeness (QED) is 0.723. The minimum atomic E-state index is -0.742. The van der Waals surface area contributed by atoms with Crippen molar-refractivity contribution in [2.24, 2.45) is 0 Å². The molecule has 0 N–H and O–H groups in total. The van der Waals surface area contributed by atoms with E-state index >= 15 is 0 Å².